The van der Waals surface area contributed by atoms with Gasteiger partial charge in [0.15, 0.2) is 0 Å². The maximum Gasteiger partial charge on any atom is 0.0633 e. The molecule has 0 atom stereocenters. The molecule has 0 unspecified atom stereocenters. The van der Waals surface area contributed by atoms with Crippen LogP contribution in [0.15, 0.2) is 71.7 Å². The third-order valence-electron chi connectivity index (χ3n) is 4.55. The summed E-state index contributed by atoms with van der Waals surface area (Å²) in [7, 11) is 4.09. The second-order valence-corrected chi connectivity index (χ2v) is 6.42. The van der Waals surface area contributed by atoms with Crippen molar-refractivity contribution in [3.63, 3.8) is 0 Å². The molecule has 4 rings (SSSR count). The predicted octanol–water partition coefficient (Wildman–Crippen LogP) is 5.07. The molecule has 0 amide bonds. The molecule has 0 radical (unpaired) electrons. The summed E-state index contributed by atoms with van der Waals surface area (Å²) in [4.78, 5) is 6.75. The summed E-state index contributed by atoms with van der Waals surface area (Å²) in [6.45, 7) is 0. The summed E-state index contributed by atoms with van der Waals surface area (Å²) in [6, 6.07) is 23.6. The fourth-order valence-electron chi connectivity index (χ4n) is 3.22. The van der Waals surface area contributed by atoms with Crippen LogP contribution in [-0.4, -0.2) is 20.3 Å². The van der Waals surface area contributed by atoms with Crippen molar-refractivity contribution in [1.29, 1.82) is 0 Å². The van der Waals surface area contributed by atoms with Crippen molar-refractivity contribution < 1.29 is 0 Å². The standard InChI is InChI=1S/C22H20N2/c1-24(2)20-10-7-16(8-11-20)15-23-19-9-12-22-18(14-19)13-17-5-3-4-6-21(17)22/h3-12,14-15H,13H2,1-2H3. The van der Waals surface area contributed by atoms with Crippen LogP contribution in [0.25, 0.3) is 11.1 Å². The number of anilines is 1. The molecule has 1 aliphatic carbocycles. The molecule has 1 aliphatic rings. The maximum absolute atomic E-state index is 4.65. The third kappa shape index (κ3) is 2.71. The van der Waals surface area contributed by atoms with Gasteiger partial charge in [0.25, 0.3) is 0 Å². The summed E-state index contributed by atoms with van der Waals surface area (Å²) in [5.74, 6) is 0. The van der Waals surface area contributed by atoms with E-state index in [1.54, 1.807) is 0 Å². The lowest BCUT2D eigenvalue weighted by Crippen LogP contribution is -2.08. The second-order valence-electron chi connectivity index (χ2n) is 6.42. The SMILES string of the molecule is CN(C)c1ccc(C=Nc2ccc3c(c2)Cc2ccccc2-3)cc1. The number of rotatable bonds is 3. The van der Waals surface area contributed by atoms with Gasteiger partial charge in [0, 0.05) is 26.0 Å². The highest BCUT2D eigenvalue weighted by Crippen LogP contribution is 2.38. The number of nitrogens with zero attached hydrogens (tertiary/aromatic N) is 2. The molecule has 24 heavy (non-hydrogen) atoms. The van der Waals surface area contributed by atoms with Crippen molar-refractivity contribution in [2.24, 2.45) is 4.99 Å². The van der Waals surface area contributed by atoms with Crippen molar-refractivity contribution in [2.75, 3.05) is 19.0 Å². The van der Waals surface area contributed by atoms with E-state index in [1.165, 1.54) is 27.9 Å². The molecule has 118 valence electrons. The van der Waals surface area contributed by atoms with E-state index in [9.17, 15) is 0 Å². The number of hydrogen-bond donors (Lipinski definition) is 0. The van der Waals surface area contributed by atoms with Gasteiger partial charge >= 0.3 is 0 Å². The molecule has 0 saturated carbocycles. The Balaban J connectivity index is 1.57. The summed E-state index contributed by atoms with van der Waals surface area (Å²) in [5, 5.41) is 0. The molecule has 0 N–H and O–H groups in total. The van der Waals surface area contributed by atoms with Crippen molar-refractivity contribution in [3.05, 3.63) is 83.4 Å². The molecule has 0 bridgehead atoms. The van der Waals surface area contributed by atoms with E-state index in [0.717, 1.165) is 17.7 Å². The van der Waals surface area contributed by atoms with Gasteiger partial charge in [0.05, 0.1) is 5.69 Å². The lowest BCUT2D eigenvalue weighted by atomic mass is 10.1. The largest absolute Gasteiger partial charge is 0.378 e. The van der Waals surface area contributed by atoms with Gasteiger partial charge in [-0.3, -0.25) is 4.99 Å². The molecule has 0 spiro atoms. The maximum atomic E-state index is 4.65. The number of fused-ring (bicyclic) bond motifs is 3. The first-order valence-electron chi connectivity index (χ1n) is 8.23. The highest BCUT2D eigenvalue weighted by Gasteiger charge is 2.17. The zero-order valence-electron chi connectivity index (χ0n) is 14.0. The van der Waals surface area contributed by atoms with Crippen molar-refractivity contribution in [1.82, 2.24) is 0 Å². The van der Waals surface area contributed by atoms with Gasteiger partial charge in [0.1, 0.15) is 0 Å². The van der Waals surface area contributed by atoms with E-state index in [2.05, 4.69) is 76.6 Å². The second kappa shape index (κ2) is 5.97. The first kappa shape index (κ1) is 14.7. The summed E-state index contributed by atoms with van der Waals surface area (Å²) in [6.07, 6.45) is 2.94. The Bertz CT molecular complexity index is 906. The Morgan fingerprint density at radius 3 is 2.38 bits per heavy atom. The highest BCUT2D eigenvalue weighted by molar-refractivity contribution is 5.84. The van der Waals surface area contributed by atoms with E-state index in [0.29, 0.717) is 0 Å². The Kier molecular flexibility index (Phi) is 3.66. The van der Waals surface area contributed by atoms with Crippen molar-refractivity contribution in [3.8, 4) is 11.1 Å². The fourth-order valence-corrected chi connectivity index (χ4v) is 3.22. The van der Waals surface area contributed by atoms with Crippen LogP contribution < -0.4 is 4.90 Å². The third-order valence-corrected chi connectivity index (χ3v) is 4.55. The minimum absolute atomic E-state index is 1.01. The van der Waals surface area contributed by atoms with Gasteiger partial charge in [-0.25, -0.2) is 0 Å². The number of benzene rings is 3. The van der Waals surface area contributed by atoms with Crippen LogP contribution in [0.5, 0.6) is 0 Å². The van der Waals surface area contributed by atoms with Crippen LogP contribution in [0, 0.1) is 0 Å². The molecular weight excluding hydrogens is 292 g/mol. The van der Waals surface area contributed by atoms with E-state index in [-0.39, 0.29) is 0 Å². The first-order chi connectivity index (χ1) is 11.7. The summed E-state index contributed by atoms with van der Waals surface area (Å²) < 4.78 is 0. The molecule has 0 heterocycles. The van der Waals surface area contributed by atoms with Crippen molar-refractivity contribution in [2.45, 2.75) is 6.42 Å². The van der Waals surface area contributed by atoms with E-state index in [4.69, 9.17) is 0 Å². The average molecular weight is 312 g/mol. The zero-order chi connectivity index (χ0) is 16.5. The molecule has 0 saturated heterocycles. The van der Waals surface area contributed by atoms with Crippen LogP contribution in [0.4, 0.5) is 11.4 Å². The summed E-state index contributed by atoms with van der Waals surface area (Å²) in [5.41, 5.74) is 8.81. The van der Waals surface area contributed by atoms with Crippen LogP contribution >= 0.6 is 0 Å². The smallest absolute Gasteiger partial charge is 0.0633 e. The molecule has 2 nitrogen and oxygen atoms in total. The Morgan fingerprint density at radius 2 is 1.58 bits per heavy atom. The van der Waals surface area contributed by atoms with Gasteiger partial charge < -0.3 is 4.90 Å². The van der Waals surface area contributed by atoms with Crippen LogP contribution in [0.3, 0.4) is 0 Å². The monoisotopic (exact) mass is 312 g/mol. The van der Waals surface area contributed by atoms with E-state index >= 15 is 0 Å². The quantitative estimate of drug-likeness (QED) is 0.482. The predicted molar refractivity (Wildman–Crippen MR) is 103 cm³/mol. The Morgan fingerprint density at radius 1 is 0.833 bits per heavy atom. The average Bonchev–Trinajstić information content (AvgIpc) is 2.98. The van der Waals surface area contributed by atoms with Gasteiger partial charge in [-0.2, -0.15) is 0 Å². The Labute approximate surface area is 143 Å². The lowest BCUT2D eigenvalue weighted by Gasteiger charge is -2.11. The first-order valence-corrected chi connectivity index (χ1v) is 8.23. The number of aliphatic imine (C=N–C) groups is 1. The van der Waals surface area contributed by atoms with Crippen LogP contribution in [0.1, 0.15) is 16.7 Å². The molecule has 0 aromatic heterocycles. The Hall–Kier alpha value is -2.87. The topological polar surface area (TPSA) is 15.6 Å². The molecule has 3 aromatic carbocycles. The molecule has 3 aromatic rings. The van der Waals surface area contributed by atoms with Gasteiger partial charge in [0.2, 0.25) is 0 Å². The van der Waals surface area contributed by atoms with Crippen LogP contribution in [0.2, 0.25) is 0 Å². The molecule has 2 heteroatoms. The van der Waals surface area contributed by atoms with Crippen LogP contribution in [-0.2, 0) is 6.42 Å². The highest BCUT2D eigenvalue weighted by atomic mass is 15.1. The summed E-state index contributed by atoms with van der Waals surface area (Å²) >= 11 is 0. The number of hydrogen-bond acceptors (Lipinski definition) is 2. The molecular formula is C22H20N2. The zero-order valence-corrected chi connectivity index (χ0v) is 14.0. The minimum atomic E-state index is 1.01. The van der Waals surface area contributed by atoms with Gasteiger partial charge in [-0.15, -0.1) is 0 Å². The van der Waals surface area contributed by atoms with Gasteiger partial charge in [-0.05, 0) is 58.5 Å². The van der Waals surface area contributed by atoms with Gasteiger partial charge in [-0.1, -0.05) is 42.5 Å². The molecule has 0 fully saturated rings. The van der Waals surface area contributed by atoms with E-state index < -0.39 is 0 Å². The normalized spacial score (nSPS) is 12.2. The van der Waals surface area contributed by atoms with E-state index in [1.807, 2.05) is 20.3 Å². The van der Waals surface area contributed by atoms with Crippen molar-refractivity contribution >= 4 is 17.6 Å². The minimum Gasteiger partial charge on any atom is -0.378 e. The fraction of sp³-hybridized carbons (Fsp3) is 0.136. The lowest BCUT2D eigenvalue weighted by molar-refractivity contribution is 1.13. The molecule has 0 aliphatic heterocycles.